The zero-order valence-corrected chi connectivity index (χ0v) is 21.8. The minimum atomic E-state index is -0.178. The molecular formula is C29H31NO7. The summed E-state index contributed by atoms with van der Waals surface area (Å²) in [6, 6.07) is 14.4. The zero-order valence-electron chi connectivity index (χ0n) is 21.8. The van der Waals surface area contributed by atoms with E-state index in [0.29, 0.717) is 45.7 Å². The van der Waals surface area contributed by atoms with Crippen molar-refractivity contribution in [3.63, 3.8) is 0 Å². The highest BCUT2D eigenvalue weighted by Crippen LogP contribution is 2.40. The fourth-order valence-corrected chi connectivity index (χ4v) is 3.69. The van der Waals surface area contributed by atoms with Gasteiger partial charge in [-0.1, -0.05) is 24.3 Å². The van der Waals surface area contributed by atoms with Gasteiger partial charge in [-0.15, -0.1) is 0 Å². The van der Waals surface area contributed by atoms with Gasteiger partial charge in [-0.2, -0.15) is 0 Å². The van der Waals surface area contributed by atoms with Crippen LogP contribution in [0.5, 0.6) is 34.5 Å². The summed E-state index contributed by atoms with van der Waals surface area (Å²) in [6.07, 6.45) is 6.82. The van der Waals surface area contributed by atoms with Crippen LogP contribution in [0.4, 0.5) is 5.69 Å². The van der Waals surface area contributed by atoms with E-state index in [1.807, 2.05) is 36.4 Å². The topological polar surface area (TPSA) is 84.5 Å². The van der Waals surface area contributed by atoms with E-state index in [1.165, 1.54) is 6.08 Å². The van der Waals surface area contributed by atoms with Crippen molar-refractivity contribution >= 4 is 23.6 Å². The molecule has 0 amide bonds. The molecule has 8 heteroatoms. The molecule has 0 aliphatic carbocycles. The number of methoxy groups -OCH3 is 6. The van der Waals surface area contributed by atoms with E-state index in [-0.39, 0.29) is 5.78 Å². The summed E-state index contributed by atoms with van der Waals surface area (Å²) < 4.78 is 32.6. The number of allylic oxidation sites excluding steroid dienone is 1. The Kier molecular flexibility index (Phi) is 9.43. The lowest BCUT2D eigenvalue weighted by molar-refractivity contribution is 0.104. The number of carbonyl (C=O) groups excluding carboxylic acids is 1. The maximum atomic E-state index is 12.7. The Morgan fingerprint density at radius 2 is 1.38 bits per heavy atom. The van der Waals surface area contributed by atoms with Crippen molar-refractivity contribution in [2.75, 3.05) is 48.0 Å². The van der Waals surface area contributed by atoms with Gasteiger partial charge in [-0.3, -0.25) is 4.79 Å². The summed E-state index contributed by atoms with van der Waals surface area (Å²) >= 11 is 0. The van der Waals surface area contributed by atoms with Gasteiger partial charge >= 0.3 is 0 Å². The lowest BCUT2D eigenvalue weighted by Gasteiger charge is -2.15. The van der Waals surface area contributed by atoms with E-state index < -0.39 is 0 Å². The van der Waals surface area contributed by atoms with Crippen LogP contribution in [-0.2, 0) is 0 Å². The van der Waals surface area contributed by atoms with Crippen LogP contribution in [0.25, 0.3) is 12.2 Å². The Morgan fingerprint density at radius 1 is 0.703 bits per heavy atom. The lowest BCUT2D eigenvalue weighted by atomic mass is 10.1. The molecule has 0 unspecified atom stereocenters. The summed E-state index contributed by atoms with van der Waals surface area (Å²) in [6.45, 7) is 0. The first-order chi connectivity index (χ1) is 18.0. The largest absolute Gasteiger partial charge is 0.497 e. The molecule has 0 saturated carbocycles. The van der Waals surface area contributed by atoms with Crippen molar-refractivity contribution in [3.05, 3.63) is 77.5 Å². The fraction of sp³-hybridized carbons (Fsp3) is 0.207. The van der Waals surface area contributed by atoms with E-state index in [2.05, 4.69) is 5.32 Å². The van der Waals surface area contributed by atoms with Crippen molar-refractivity contribution in [2.45, 2.75) is 0 Å². The highest BCUT2D eigenvalue weighted by atomic mass is 16.5. The highest BCUT2D eigenvalue weighted by Gasteiger charge is 2.15. The fourth-order valence-electron chi connectivity index (χ4n) is 3.69. The summed E-state index contributed by atoms with van der Waals surface area (Å²) in [7, 11) is 9.38. The number of hydrogen-bond donors (Lipinski definition) is 1. The molecule has 0 saturated heterocycles. The van der Waals surface area contributed by atoms with Crippen molar-refractivity contribution in [1.29, 1.82) is 0 Å². The molecule has 1 N–H and O–H groups in total. The summed E-state index contributed by atoms with van der Waals surface area (Å²) in [5.41, 5.74) is 2.77. The molecule has 0 fully saturated rings. The van der Waals surface area contributed by atoms with Crippen LogP contribution < -0.4 is 33.7 Å². The van der Waals surface area contributed by atoms with Crippen LogP contribution >= 0.6 is 0 Å². The maximum absolute atomic E-state index is 12.7. The minimum Gasteiger partial charge on any atom is -0.497 e. The highest BCUT2D eigenvalue weighted by molar-refractivity contribution is 6.05. The smallest absolute Gasteiger partial charge is 0.203 e. The van der Waals surface area contributed by atoms with Crippen LogP contribution in [0.15, 0.2) is 60.8 Å². The number of rotatable bonds is 12. The monoisotopic (exact) mass is 505 g/mol. The molecule has 3 aromatic carbocycles. The molecule has 0 spiro atoms. The second-order valence-corrected chi connectivity index (χ2v) is 7.63. The molecule has 0 bridgehead atoms. The number of anilines is 1. The first-order valence-electron chi connectivity index (χ1n) is 11.3. The molecule has 3 rings (SSSR count). The number of carbonyl (C=O) groups is 1. The number of benzene rings is 3. The van der Waals surface area contributed by atoms with Crippen LogP contribution in [0.3, 0.4) is 0 Å². The molecular weight excluding hydrogens is 474 g/mol. The van der Waals surface area contributed by atoms with Gasteiger partial charge in [0.25, 0.3) is 0 Å². The number of ether oxygens (including phenoxy) is 6. The molecule has 194 valence electrons. The van der Waals surface area contributed by atoms with Gasteiger partial charge in [-0.05, 0) is 42.0 Å². The SMILES string of the molecule is COc1cccc(C(=O)C=CNc2c(C=Cc3cc(OC)c(OC)c(OC)c3)ccc(OC)c2OC)c1. The average molecular weight is 506 g/mol. The summed E-state index contributed by atoms with van der Waals surface area (Å²) in [5, 5.41) is 3.18. The van der Waals surface area contributed by atoms with Gasteiger partial charge in [0.15, 0.2) is 28.8 Å². The molecule has 37 heavy (non-hydrogen) atoms. The molecule has 0 aliphatic heterocycles. The Balaban J connectivity index is 1.95. The zero-order chi connectivity index (χ0) is 26.8. The number of ketones is 1. The average Bonchev–Trinajstić information content (AvgIpc) is 2.95. The first-order valence-corrected chi connectivity index (χ1v) is 11.3. The molecule has 8 nitrogen and oxygen atoms in total. The van der Waals surface area contributed by atoms with Gasteiger partial charge < -0.3 is 33.7 Å². The van der Waals surface area contributed by atoms with Gasteiger partial charge in [0.2, 0.25) is 5.75 Å². The van der Waals surface area contributed by atoms with E-state index in [1.54, 1.807) is 73.1 Å². The van der Waals surface area contributed by atoms with Crippen molar-refractivity contribution in [1.82, 2.24) is 0 Å². The van der Waals surface area contributed by atoms with E-state index in [4.69, 9.17) is 28.4 Å². The van der Waals surface area contributed by atoms with Crippen LogP contribution in [0, 0.1) is 0 Å². The minimum absolute atomic E-state index is 0.178. The van der Waals surface area contributed by atoms with Crippen LogP contribution in [0.1, 0.15) is 21.5 Å². The van der Waals surface area contributed by atoms with E-state index in [0.717, 1.165) is 11.1 Å². The normalized spacial score (nSPS) is 10.9. The van der Waals surface area contributed by atoms with Gasteiger partial charge in [0.1, 0.15) is 5.75 Å². The summed E-state index contributed by atoms with van der Waals surface area (Å²) in [4.78, 5) is 12.7. The Morgan fingerprint density at radius 3 is 1.97 bits per heavy atom. The van der Waals surface area contributed by atoms with Crippen molar-refractivity contribution in [3.8, 4) is 34.5 Å². The van der Waals surface area contributed by atoms with E-state index >= 15 is 0 Å². The predicted octanol–water partition coefficient (Wildman–Crippen LogP) is 5.72. The van der Waals surface area contributed by atoms with Crippen molar-refractivity contribution < 1.29 is 33.2 Å². The molecule has 0 heterocycles. The van der Waals surface area contributed by atoms with E-state index in [9.17, 15) is 4.79 Å². The second kappa shape index (κ2) is 12.9. The quantitative estimate of drug-likeness (QED) is 0.190. The third-order valence-corrected chi connectivity index (χ3v) is 5.54. The van der Waals surface area contributed by atoms with Gasteiger partial charge in [0.05, 0.1) is 48.3 Å². The van der Waals surface area contributed by atoms with Crippen molar-refractivity contribution in [2.24, 2.45) is 0 Å². The molecule has 0 atom stereocenters. The van der Waals surface area contributed by atoms with Crippen LogP contribution in [-0.4, -0.2) is 48.4 Å². The Labute approximate surface area is 217 Å². The standard InChI is InChI=1S/C29H31NO7/c1-32-22-9-7-8-21(18-22)23(31)14-15-30-27-20(12-13-24(33-2)29(27)37-6)11-10-19-16-25(34-3)28(36-5)26(17-19)35-4/h7-18,30H,1-6H3. The van der Waals surface area contributed by atoms with Crippen LogP contribution in [0.2, 0.25) is 0 Å². The summed E-state index contributed by atoms with van der Waals surface area (Å²) in [5.74, 6) is 3.08. The lowest BCUT2D eigenvalue weighted by Crippen LogP contribution is -2.01. The third kappa shape index (κ3) is 6.35. The molecule has 0 radical (unpaired) electrons. The molecule has 0 aromatic heterocycles. The number of nitrogens with one attached hydrogen (secondary N) is 1. The Bertz CT molecular complexity index is 1270. The molecule has 0 aliphatic rings. The molecule has 3 aromatic rings. The maximum Gasteiger partial charge on any atom is 0.203 e. The second-order valence-electron chi connectivity index (χ2n) is 7.63. The first kappa shape index (κ1) is 27.0. The number of hydrogen-bond acceptors (Lipinski definition) is 8. The third-order valence-electron chi connectivity index (χ3n) is 5.54. The van der Waals surface area contributed by atoms with Gasteiger partial charge in [0, 0.05) is 23.4 Å². The predicted molar refractivity (Wildman–Crippen MR) is 145 cm³/mol. The van der Waals surface area contributed by atoms with Gasteiger partial charge in [-0.25, -0.2) is 0 Å². The Hall–Kier alpha value is -4.59.